The Kier molecular flexibility index (Phi) is 6.75. The molecule has 3 nitrogen and oxygen atoms in total. The van der Waals surface area contributed by atoms with E-state index < -0.39 is 0 Å². The largest absolute Gasteiger partial charge is 0.494 e. The zero-order valence-electron chi connectivity index (χ0n) is 12.9. The maximum Gasteiger partial charge on any atom is 0.256 e. The zero-order chi connectivity index (χ0) is 16.7. The van der Waals surface area contributed by atoms with E-state index in [1.807, 2.05) is 18.2 Å². The molecule has 0 heterocycles. The molecule has 0 spiro atoms. The fraction of sp³-hybridized carbons (Fsp3) is 0.278. The molecular formula is C18H19Cl2NO2. The molecular weight excluding hydrogens is 333 g/mol. The molecule has 0 unspecified atom stereocenters. The molecule has 0 radical (unpaired) electrons. The normalized spacial score (nSPS) is 10.4. The highest BCUT2D eigenvalue weighted by molar-refractivity contribution is 6.37. The van der Waals surface area contributed by atoms with Crippen molar-refractivity contribution in [3.8, 4) is 5.75 Å². The molecule has 1 amide bonds. The summed E-state index contributed by atoms with van der Waals surface area (Å²) in [6.07, 6.45) is 2.89. The van der Waals surface area contributed by atoms with E-state index in [1.165, 1.54) is 12.7 Å². The Morgan fingerprint density at radius 2 is 1.74 bits per heavy atom. The second kappa shape index (κ2) is 8.80. The number of halogens is 2. The minimum Gasteiger partial charge on any atom is -0.494 e. The third-order valence-electron chi connectivity index (χ3n) is 3.51. The second-order valence-corrected chi connectivity index (χ2v) is 5.95. The first kappa shape index (κ1) is 17.6. The number of hydrogen-bond acceptors (Lipinski definition) is 2. The third kappa shape index (κ3) is 4.88. The summed E-state index contributed by atoms with van der Waals surface area (Å²) in [6, 6.07) is 13.5. The maximum atomic E-state index is 12.3. The summed E-state index contributed by atoms with van der Waals surface area (Å²) in [4.78, 5) is 12.3. The quantitative estimate of drug-likeness (QED) is 0.730. The van der Waals surface area contributed by atoms with Gasteiger partial charge < -0.3 is 10.1 Å². The number of methoxy groups -OCH3 is 1. The highest BCUT2D eigenvalue weighted by atomic mass is 35.5. The summed E-state index contributed by atoms with van der Waals surface area (Å²) >= 11 is 12.1. The van der Waals surface area contributed by atoms with Gasteiger partial charge in [-0.05, 0) is 37.0 Å². The second-order valence-electron chi connectivity index (χ2n) is 5.14. The van der Waals surface area contributed by atoms with Crippen LogP contribution in [0.1, 0.15) is 28.8 Å². The van der Waals surface area contributed by atoms with Gasteiger partial charge in [0.05, 0.1) is 17.2 Å². The van der Waals surface area contributed by atoms with Gasteiger partial charge in [-0.25, -0.2) is 0 Å². The van der Waals surface area contributed by atoms with Crippen molar-refractivity contribution in [2.45, 2.75) is 19.3 Å². The van der Waals surface area contributed by atoms with Gasteiger partial charge in [0.1, 0.15) is 5.56 Å². The molecule has 5 heteroatoms. The average Bonchev–Trinajstić information content (AvgIpc) is 2.57. The van der Waals surface area contributed by atoms with E-state index in [0.717, 1.165) is 19.3 Å². The molecule has 0 saturated heterocycles. The van der Waals surface area contributed by atoms with Crippen LogP contribution in [0.5, 0.6) is 5.75 Å². The molecule has 0 aliphatic rings. The van der Waals surface area contributed by atoms with Gasteiger partial charge in [-0.15, -0.1) is 0 Å². The lowest BCUT2D eigenvalue weighted by Gasteiger charge is -2.12. The van der Waals surface area contributed by atoms with Crippen LogP contribution >= 0.6 is 23.2 Å². The lowest BCUT2D eigenvalue weighted by molar-refractivity contribution is 0.0950. The van der Waals surface area contributed by atoms with E-state index in [-0.39, 0.29) is 11.5 Å². The van der Waals surface area contributed by atoms with Gasteiger partial charge in [0.25, 0.3) is 5.91 Å². The van der Waals surface area contributed by atoms with Crippen LogP contribution in [0.4, 0.5) is 0 Å². The van der Waals surface area contributed by atoms with Crippen molar-refractivity contribution >= 4 is 29.1 Å². The number of nitrogens with one attached hydrogen (secondary N) is 1. The molecule has 23 heavy (non-hydrogen) atoms. The Morgan fingerprint density at radius 1 is 1.04 bits per heavy atom. The first-order chi connectivity index (χ1) is 11.1. The fourth-order valence-electron chi connectivity index (χ4n) is 2.33. The van der Waals surface area contributed by atoms with E-state index in [9.17, 15) is 4.79 Å². The summed E-state index contributed by atoms with van der Waals surface area (Å²) in [6.45, 7) is 0.581. The lowest BCUT2D eigenvalue weighted by Crippen LogP contribution is -2.25. The number of amides is 1. The smallest absolute Gasteiger partial charge is 0.256 e. The Morgan fingerprint density at radius 3 is 2.43 bits per heavy atom. The summed E-state index contributed by atoms with van der Waals surface area (Å²) < 4.78 is 5.19. The van der Waals surface area contributed by atoms with Gasteiger partial charge in [-0.2, -0.15) is 0 Å². The van der Waals surface area contributed by atoms with Gasteiger partial charge in [0.15, 0.2) is 5.75 Å². The number of carbonyl (C=O) groups is 1. The SMILES string of the molecule is COc1c(Cl)ccc(Cl)c1C(=O)NCCCCc1ccccc1. The summed E-state index contributed by atoms with van der Waals surface area (Å²) in [5, 5.41) is 3.56. The van der Waals surface area contributed by atoms with Crippen LogP contribution in [-0.4, -0.2) is 19.6 Å². The van der Waals surface area contributed by atoms with Crippen molar-refractivity contribution in [3.63, 3.8) is 0 Å². The van der Waals surface area contributed by atoms with E-state index in [2.05, 4.69) is 17.4 Å². The molecule has 0 aliphatic heterocycles. The molecule has 2 aromatic rings. The lowest BCUT2D eigenvalue weighted by atomic mass is 10.1. The molecule has 122 valence electrons. The minimum absolute atomic E-state index is 0.269. The zero-order valence-corrected chi connectivity index (χ0v) is 14.5. The molecule has 2 aromatic carbocycles. The predicted molar refractivity (Wildman–Crippen MR) is 94.7 cm³/mol. The Balaban J connectivity index is 1.85. The van der Waals surface area contributed by atoms with E-state index >= 15 is 0 Å². The van der Waals surface area contributed by atoms with Crippen LogP contribution in [0.15, 0.2) is 42.5 Å². The van der Waals surface area contributed by atoms with Gasteiger partial charge in [0, 0.05) is 6.54 Å². The number of aryl methyl sites for hydroxylation is 1. The summed E-state index contributed by atoms with van der Waals surface area (Å²) in [5.41, 5.74) is 1.59. The van der Waals surface area contributed by atoms with Crippen LogP contribution in [0.2, 0.25) is 10.0 Å². The van der Waals surface area contributed by atoms with Gasteiger partial charge in [-0.1, -0.05) is 53.5 Å². The van der Waals surface area contributed by atoms with Crippen molar-refractivity contribution in [3.05, 3.63) is 63.6 Å². The van der Waals surface area contributed by atoms with Crippen molar-refractivity contribution in [1.29, 1.82) is 0 Å². The van der Waals surface area contributed by atoms with Crippen LogP contribution in [0.3, 0.4) is 0 Å². The molecule has 0 saturated carbocycles. The Hall–Kier alpha value is -1.71. The standard InChI is InChI=1S/C18H19Cl2NO2/c1-23-17-15(20)11-10-14(19)16(17)18(22)21-12-6-5-9-13-7-3-2-4-8-13/h2-4,7-8,10-11H,5-6,9,12H2,1H3,(H,21,22). The van der Waals surface area contributed by atoms with Crippen molar-refractivity contribution < 1.29 is 9.53 Å². The summed E-state index contributed by atoms with van der Waals surface area (Å²) in [5.74, 6) is 0.0370. The first-order valence-corrected chi connectivity index (χ1v) is 8.23. The fourth-order valence-corrected chi connectivity index (χ4v) is 2.80. The molecule has 0 bridgehead atoms. The van der Waals surface area contributed by atoms with E-state index in [0.29, 0.717) is 22.3 Å². The van der Waals surface area contributed by atoms with Gasteiger partial charge in [0.2, 0.25) is 0 Å². The van der Waals surface area contributed by atoms with E-state index in [1.54, 1.807) is 12.1 Å². The van der Waals surface area contributed by atoms with E-state index in [4.69, 9.17) is 27.9 Å². The first-order valence-electron chi connectivity index (χ1n) is 7.47. The molecule has 1 N–H and O–H groups in total. The number of hydrogen-bond donors (Lipinski definition) is 1. The number of ether oxygens (including phenoxy) is 1. The highest BCUT2D eigenvalue weighted by Crippen LogP contribution is 2.33. The van der Waals surface area contributed by atoms with Gasteiger partial charge >= 0.3 is 0 Å². The summed E-state index contributed by atoms with van der Waals surface area (Å²) in [7, 11) is 1.47. The molecule has 0 aromatic heterocycles. The molecule has 0 atom stereocenters. The third-order valence-corrected chi connectivity index (χ3v) is 4.12. The highest BCUT2D eigenvalue weighted by Gasteiger charge is 2.18. The predicted octanol–water partition coefficient (Wildman–Crippen LogP) is 4.75. The number of rotatable bonds is 7. The van der Waals surface area contributed by atoms with Crippen molar-refractivity contribution in [2.24, 2.45) is 0 Å². The Bertz CT molecular complexity index is 660. The van der Waals surface area contributed by atoms with Gasteiger partial charge in [-0.3, -0.25) is 4.79 Å². The molecule has 2 rings (SSSR count). The minimum atomic E-state index is -0.269. The van der Waals surface area contributed by atoms with Crippen LogP contribution in [-0.2, 0) is 6.42 Å². The molecule has 0 aliphatic carbocycles. The average molecular weight is 352 g/mol. The maximum absolute atomic E-state index is 12.3. The van der Waals surface area contributed by atoms with Crippen molar-refractivity contribution in [1.82, 2.24) is 5.32 Å². The Labute approximate surface area is 146 Å². The van der Waals surface area contributed by atoms with Crippen molar-refractivity contribution in [2.75, 3.05) is 13.7 Å². The van der Waals surface area contributed by atoms with Crippen LogP contribution in [0, 0.1) is 0 Å². The number of benzene rings is 2. The van der Waals surface area contributed by atoms with Crippen LogP contribution in [0.25, 0.3) is 0 Å². The topological polar surface area (TPSA) is 38.3 Å². The van der Waals surface area contributed by atoms with Crippen LogP contribution < -0.4 is 10.1 Å². The number of carbonyl (C=O) groups excluding carboxylic acids is 1. The number of unbranched alkanes of at least 4 members (excludes halogenated alkanes) is 1. The monoisotopic (exact) mass is 351 g/mol. The molecule has 0 fully saturated rings.